The van der Waals surface area contributed by atoms with Crippen LogP contribution in [0.15, 0.2) is 66.0 Å². The number of anilines is 2. The second-order valence-electron chi connectivity index (χ2n) is 5.33. The van der Waals surface area contributed by atoms with Crippen molar-refractivity contribution in [1.29, 1.82) is 0 Å². The van der Waals surface area contributed by atoms with Gasteiger partial charge < -0.3 is 10.6 Å². The first kappa shape index (κ1) is 16.0. The van der Waals surface area contributed by atoms with E-state index < -0.39 is 0 Å². The molecule has 0 aliphatic carbocycles. The summed E-state index contributed by atoms with van der Waals surface area (Å²) < 4.78 is 0. The molecule has 0 saturated carbocycles. The molecule has 120 valence electrons. The normalized spacial score (nSPS) is 10.2. The summed E-state index contributed by atoms with van der Waals surface area (Å²) >= 11 is 1.38. The molecule has 0 spiro atoms. The molecule has 4 nitrogen and oxygen atoms in total. The van der Waals surface area contributed by atoms with E-state index in [4.69, 9.17) is 0 Å². The number of hydrogen-bond donors (Lipinski definition) is 2. The highest BCUT2D eigenvalue weighted by Gasteiger charge is 2.09. The molecule has 0 unspecified atom stereocenters. The Hall–Kier alpha value is -2.92. The zero-order chi connectivity index (χ0) is 16.9. The van der Waals surface area contributed by atoms with Crippen LogP contribution in [0.3, 0.4) is 0 Å². The van der Waals surface area contributed by atoms with Crippen LogP contribution < -0.4 is 10.6 Å². The van der Waals surface area contributed by atoms with Crippen LogP contribution in [0, 0.1) is 6.92 Å². The van der Waals surface area contributed by atoms with E-state index in [2.05, 4.69) is 10.6 Å². The summed E-state index contributed by atoms with van der Waals surface area (Å²) in [5.74, 6) is -0.335. The maximum Gasteiger partial charge on any atom is 0.265 e. The lowest BCUT2D eigenvalue weighted by Gasteiger charge is -2.07. The van der Waals surface area contributed by atoms with Crippen LogP contribution >= 0.6 is 11.3 Å². The van der Waals surface area contributed by atoms with Gasteiger partial charge in [0.15, 0.2) is 0 Å². The molecule has 2 amide bonds. The lowest BCUT2D eigenvalue weighted by Crippen LogP contribution is -2.13. The molecule has 1 aromatic heterocycles. The highest BCUT2D eigenvalue weighted by atomic mass is 32.1. The molecule has 2 N–H and O–H groups in total. The van der Waals surface area contributed by atoms with Crippen LogP contribution in [0.1, 0.15) is 25.6 Å². The number of nitrogens with one attached hydrogen (secondary N) is 2. The summed E-state index contributed by atoms with van der Waals surface area (Å²) in [6.45, 7) is 1.97. The van der Waals surface area contributed by atoms with Crippen molar-refractivity contribution >= 4 is 34.5 Å². The minimum atomic E-state index is -0.184. The molecule has 0 aliphatic heterocycles. The van der Waals surface area contributed by atoms with Crippen molar-refractivity contribution in [2.24, 2.45) is 0 Å². The number of rotatable bonds is 4. The Balaban J connectivity index is 1.65. The maximum absolute atomic E-state index is 12.2. The van der Waals surface area contributed by atoms with Crippen LogP contribution in [0.25, 0.3) is 0 Å². The molecular formula is C19H16N2O2S. The topological polar surface area (TPSA) is 58.2 Å². The molecule has 3 rings (SSSR count). The van der Waals surface area contributed by atoms with E-state index >= 15 is 0 Å². The molecule has 1 heterocycles. The molecule has 24 heavy (non-hydrogen) atoms. The largest absolute Gasteiger partial charge is 0.322 e. The number of carbonyl (C=O) groups excluding carboxylic acids is 2. The number of amides is 2. The summed E-state index contributed by atoms with van der Waals surface area (Å²) in [5, 5.41) is 7.52. The second kappa shape index (κ2) is 7.10. The monoisotopic (exact) mass is 336 g/mol. The van der Waals surface area contributed by atoms with Crippen molar-refractivity contribution in [3.8, 4) is 0 Å². The van der Waals surface area contributed by atoms with Gasteiger partial charge in [-0.25, -0.2) is 0 Å². The van der Waals surface area contributed by atoms with E-state index in [1.54, 1.807) is 30.3 Å². The van der Waals surface area contributed by atoms with Gasteiger partial charge in [-0.3, -0.25) is 9.59 Å². The van der Waals surface area contributed by atoms with Crippen LogP contribution in [0.2, 0.25) is 0 Å². The van der Waals surface area contributed by atoms with Crippen LogP contribution in [-0.4, -0.2) is 11.8 Å². The zero-order valence-corrected chi connectivity index (χ0v) is 13.9. The lowest BCUT2D eigenvalue weighted by atomic mass is 10.1. The van der Waals surface area contributed by atoms with Crippen LogP contribution in [0.5, 0.6) is 0 Å². The van der Waals surface area contributed by atoms with Gasteiger partial charge in [-0.05, 0) is 60.3 Å². The fourth-order valence-electron chi connectivity index (χ4n) is 2.23. The Kier molecular flexibility index (Phi) is 4.72. The number of benzene rings is 2. The molecule has 0 radical (unpaired) electrons. The lowest BCUT2D eigenvalue weighted by molar-refractivity contribution is 0.102. The average molecular weight is 336 g/mol. The predicted molar refractivity (Wildman–Crippen MR) is 97.8 cm³/mol. The van der Waals surface area contributed by atoms with Gasteiger partial charge in [0.1, 0.15) is 0 Å². The standard InChI is InChI=1S/C19H16N2O2S/c1-13-4-2-5-16(12-13)21-18(22)14-7-9-15(10-8-14)20-19(23)17-6-3-11-24-17/h2-12H,1H3,(H,20,23)(H,21,22). The maximum atomic E-state index is 12.2. The average Bonchev–Trinajstić information content (AvgIpc) is 3.10. The van der Waals surface area contributed by atoms with Crippen LogP contribution in [0.4, 0.5) is 11.4 Å². The smallest absolute Gasteiger partial charge is 0.265 e. The molecule has 0 bridgehead atoms. The highest BCUT2D eigenvalue weighted by molar-refractivity contribution is 7.12. The Morgan fingerprint density at radius 1 is 0.833 bits per heavy atom. The zero-order valence-electron chi connectivity index (χ0n) is 13.1. The molecule has 2 aromatic carbocycles. The predicted octanol–water partition coefficient (Wildman–Crippen LogP) is 4.56. The fraction of sp³-hybridized carbons (Fsp3) is 0.0526. The van der Waals surface area contributed by atoms with Crippen molar-refractivity contribution < 1.29 is 9.59 Å². The first-order chi connectivity index (χ1) is 11.6. The van der Waals surface area contributed by atoms with Crippen molar-refractivity contribution in [1.82, 2.24) is 0 Å². The molecule has 5 heteroatoms. The van der Waals surface area contributed by atoms with Gasteiger partial charge in [-0.2, -0.15) is 0 Å². The minimum Gasteiger partial charge on any atom is -0.322 e. The van der Waals surface area contributed by atoms with E-state index in [1.165, 1.54) is 11.3 Å². The number of thiophene rings is 1. The highest BCUT2D eigenvalue weighted by Crippen LogP contribution is 2.16. The number of carbonyl (C=O) groups is 2. The Morgan fingerprint density at radius 3 is 2.25 bits per heavy atom. The van der Waals surface area contributed by atoms with Gasteiger partial charge in [-0.15, -0.1) is 11.3 Å². The molecule has 3 aromatic rings. The van der Waals surface area contributed by atoms with Crippen molar-refractivity contribution in [2.45, 2.75) is 6.92 Å². The first-order valence-corrected chi connectivity index (χ1v) is 8.33. The summed E-state index contributed by atoms with van der Waals surface area (Å²) in [4.78, 5) is 24.9. The van der Waals surface area contributed by atoms with Gasteiger partial charge in [0, 0.05) is 16.9 Å². The molecule has 0 saturated heterocycles. The molecule has 0 aliphatic rings. The first-order valence-electron chi connectivity index (χ1n) is 7.45. The fourth-order valence-corrected chi connectivity index (χ4v) is 2.85. The summed E-state index contributed by atoms with van der Waals surface area (Å²) in [7, 11) is 0. The number of aryl methyl sites for hydroxylation is 1. The van der Waals surface area contributed by atoms with E-state index in [0.717, 1.165) is 11.3 Å². The van der Waals surface area contributed by atoms with E-state index in [1.807, 2.05) is 42.6 Å². The van der Waals surface area contributed by atoms with Gasteiger partial charge in [-0.1, -0.05) is 18.2 Å². The molecule has 0 fully saturated rings. The summed E-state index contributed by atoms with van der Waals surface area (Å²) in [6.07, 6.45) is 0. The van der Waals surface area contributed by atoms with Gasteiger partial charge in [0.2, 0.25) is 0 Å². The van der Waals surface area contributed by atoms with E-state index in [0.29, 0.717) is 16.1 Å². The SMILES string of the molecule is Cc1cccc(NC(=O)c2ccc(NC(=O)c3cccs3)cc2)c1. The summed E-state index contributed by atoms with van der Waals surface area (Å²) in [5.41, 5.74) is 3.03. The van der Waals surface area contributed by atoms with Crippen molar-refractivity contribution in [3.63, 3.8) is 0 Å². The Labute approximate surface area is 144 Å². The quantitative estimate of drug-likeness (QED) is 0.734. The van der Waals surface area contributed by atoms with E-state index in [-0.39, 0.29) is 11.8 Å². The summed E-state index contributed by atoms with van der Waals surface area (Å²) in [6, 6.07) is 18.0. The van der Waals surface area contributed by atoms with E-state index in [9.17, 15) is 9.59 Å². The third-order valence-corrected chi connectivity index (χ3v) is 4.29. The molecular weight excluding hydrogens is 320 g/mol. The third kappa shape index (κ3) is 3.88. The van der Waals surface area contributed by atoms with Crippen molar-refractivity contribution in [3.05, 3.63) is 82.0 Å². The van der Waals surface area contributed by atoms with Gasteiger partial charge >= 0.3 is 0 Å². The molecule has 0 atom stereocenters. The Bertz CT molecular complexity index is 855. The van der Waals surface area contributed by atoms with Crippen molar-refractivity contribution in [2.75, 3.05) is 10.6 Å². The van der Waals surface area contributed by atoms with Gasteiger partial charge in [0.25, 0.3) is 11.8 Å². The third-order valence-electron chi connectivity index (χ3n) is 3.43. The van der Waals surface area contributed by atoms with Crippen LogP contribution in [-0.2, 0) is 0 Å². The van der Waals surface area contributed by atoms with Gasteiger partial charge in [0.05, 0.1) is 4.88 Å². The second-order valence-corrected chi connectivity index (χ2v) is 6.28. The Morgan fingerprint density at radius 2 is 1.58 bits per heavy atom. The number of hydrogen-bond acceptors (Lipinski definition) is 3. The minimum absolute atomic E-state index is 0.151.